The maximum Gasteiger partial charge on any atom is 0.306 e. The Labute approximate surface area is 211 Å². The van der Waals surface area contributed by atoms with Crippen LogP contribution in [0.5, 0.6) is 0 Å². The number of carboxylic acid groups (broad SMARTS) is 1. The van der Waals surface area contributed by atoms with Crippen LogP contribution in [0.3, 0.4) is 0 Å². The topological polar surface area (TPSA) is 66.4 Å². The van der Waals surface area contributed by atoms with Crippen LogP contribution in [0.4, 0.5) is 0 Å². The highest BCUT2D eigenvalue weighted by Crippen LogP contribution is 2.19. The summed E-state index contributed by atoms with van der Waals surface area (Å²) in [6.07, 6.45) is 21.7. The summed E-state index contributed by atoms with van der Waals surface area (Å²) in [5.74, 6) is -0.612. The van der Waals surface area contributed by atoms with Crippen molar-refractivity contribution in [2.75, 3.05) is 27.7 Å². The zero-order chi connectivity index (χ0) is 25.7. The smallest absolute Gasteiger partial charge is 0.306 e. The number of quaternary nitrogens is 1. The number of aliphatic carboxylic acids is 1. The first-order valence-corrected chi connectivity index (χ1v) is 14.3. The first kappa shape index (κ1) is 32.9. The number of carbonyl (C=O) groups is 2. The summed E-state index contributed by atoms with van der Waals surface area (Å²) in [5.41, 5.74) is 0. The first-order chi connectivity index (χ1) is 16.1. The van der Waals surface area contributed by atoms with Crippen molar-refractivity contribution < 1.29 is 23.9 Å². The van der Waals surface area contributed by atoms with Crippen molar-refractivity contribution in [2.24, 2.45) is 5.92 Å². The van der Waals surface area contributed by atoms with Crippen LogP contribution in [0.1, 0.15) is 136 Å². The van der Waals surface area contributed by atoms with Gasteiger partial charge in [-0.1, -0.05) is 117 Å². The molecule has 0 radical (unpaired) electrons. The second-order valence-corrected chi connectivity index (χ2v) is 11.5. The fourth-order valence-electron chi connectivity index (χ4n) is 4.60. The Morgan fingerprint density at radius 1 is 0.735 bits per heavy atom. The van der Waals surface area contributed by atoms with Gasteiger partial charge < -0.3 is 19.1 Å². The van der Waals surface area contributed by atoms with Gasteiger partial charge in [-0.25, -0.2) is 0 Å². The largest absolute Gasteiger partial charge is 0.550 e. The summed E-state index contributed by atoms with van der Waals surface area (Å²) < 4.78 is 5.95. The minimum Gasteiger partial charge on any atom is -0.550 e. The Bertz CT molecular complexity index is 501. The summed E-state index contributed by atoms with van der Waals surface area (Å²) in [6, 6.07) is 0. The lowest BCUT2D eigenvalue weighted by Crippen LogP contribution is -2.45. The van der Waals surface area contributed by atoms with E-state index in [2.05, 4.69) is 13.8 Å². The van der Waals surface area contributed by atoms with E-state index >= 15 is 0 Å². The lowest BCUT2D eigenvalue weighted by Gasteiger charge is -2.29. The Morgan fingerprint density at radius 3 is 1.62 bits per heavy atom. The molecule has 0 bridgehead atoms. The molecule has 0 N–H and O–H groups in total. The standard InChI is InChI=1S/C29H57NO4/c1-6-7-8-9-10-11-12-15-18-21-26(2)22-19-16-13-14-17-20-23-29(33)34-27(24-28(31)32)25-30(3,4)5/h26-27H,6-25H2,1-5H3. The van der Waals surface area contributed by atoms with Gasteiger partial charge in [0.05, 0.1) is 21.1 Å². The van der Waals surface area contributed by atoms with Gasteiger partial charge in [-0.15, -0.1) is 0 Å². The van der Waals surface area contributed by atoms with Crippen molar-refractivity contribution in [3.63, 3.8) is 0 Å². The fraction of sp³-hybridized carbons (Fsp3) is 0.931. The molecule has 5 nitrogen and oxygen atoms in total. The molecule has 0 saturated heterocycles. The summed E-state index contributed by atoms with van der Waals surface area (Å²) in [6.45, 7) is 5.15. The number of likely N-dealkylation sites (N-methyl/N-ethyl adjacent to an activating group) is 1. The minimum absolute atomic E-state index is 0.237. The van der Waals surface area contributed by atoms with E-state index in [9.17, 15) is 14.7 Å². The molecule has 0 spiro atoms. The third-order valence-corrected chi connectivity index (χ3v) is 6.57. The number of ether oxygens (including phenoxy) is 1. The van der Waals surface area contributed by atoms with E-state index in [1.807, 2.05) is 21.1 Å². The lowest BCUT2D eigenvalue weighted by molar-refractivity contribution is -0.873. The number of unbranched alkanes of at least 4 members (excludes halogenated alkanes) is 13. The molecule has 5 heteroatoms. The van der Waals surface area contributed by atoms with Crippen LogP contribution in [0.2, 0.25) is 0 Å². The van der Waals surface area contributed by atoms with E-state index in [1.54, 1.807) is 0 Å². The quantitative estimate of drug-likeness (QED) is 0.0902. The molecule has 0 aliphatic heterocycles. The highest BCUT2D eigenvalue weighted by Gasteiger charge is 2.22. The summed E-state index contributed by atoms with van der Waals surface area (Å²) in [4.78, 5) is 23.0. The average Bonchev–Trinajstić information content (AvgIpc) is 2.72. The van der Waals surface area contributed by atoms with Crippen LogP contribution in [-0.2, 0) is 14.3 Å². The molecule has 0 aromatic heterocycles. The molecule has 2 unspecified atom stereocenters. The Morgan fingerprint density at radius 2 is 1.18 bits per heavy atom. The molecule has 202 valence electrons. The molecule has 0 aromatic carbocycles. The van der Waals surface area contributed by atoms with Crippen LogP contribution in [0.15, 0.2) is 0 Å². The maximum atomic E-state index is 12.1. The van der Waals surface area contributed by atoms with Crippen LogP contribution in [0.25, 0.3) is 0 Å². The van der Waals surface area contributed by atoms with Crippen LogP contribution in [-0.4, -0.2) is 50.2 Å². The number of hydrogen-bond acceptors (Lipinski definition) is 4. The zero-order valence-electron chi connectivity index (χ0n) is 23.4. The van der Waals surface area contributed by atoms with Crippen molar-refractivity contribution in [3.05, 3.63) is 0 Å². The Kier molecular flexibility index (Phi) is 20.5. The van der Waals surface area contributed by atoms with E-state index in [0.29, 0.717) is 17.4 Å². The third kappa shape index (κ3) is 24.0. The van der Waals surface area contributed by atoms with E-state index < -0.39 is 12.1 Å². The fourth-order valence-corrected chi connectivity index (χ4v) is 4.60. The number of carboxylic acids is 1. The van der Waals surface area contributed by atoms with Crippen LogP contribution < -0.4 is 5.11 Å². The lowest BCUT2D eigenvalue weighted by atomic mass is 9.96. The molecule has 0 aliphatic rings. The summed E-state index contributed by atoms with van der Waals surface area (Å²) in [5, 5.41) is 10.9. The number of nitrogens with zero attached hydrogens (tertiary/aromatic N) is 1. The predicted octanol–water partition coefficient (Wildman–Crippen LogP) is 6.42. The Hall–Kier alpha value is -1.10. The van der Waals surface area contributed by atoms with Gasteiger partial charge in [-0.2, -0.15) is 0 Å². The molecular formula is C29H57NO4. The molecule has 0 aromatic rings. The van der Waals surface area contributed by atoms with Crippen molar-refractivity contribution in [1.29, 1.82) is 0 Å². The zero-order valence-corrected chi connectivity index (χ0v) is 23.4. The molecule has 2 atom stereocenters. The molecule has 0 aliphatic carbocycles. The normalized spacial score (nSPS) is 13.6. The van der Waals surface area contributed by atoms with Crippen molar-refractivity contribution in [2.45, 2.75) is 142 Å². The third-order valence-electron chi connectivity index (χ3n) is 6.57. The van der Waals surface area contributed by atoms with E-state index in [1.165, 1.54) is 89.9 Å². The number of carbonyl (C=O) groups excluding carboxylic acids is 2. The SMILES string of the molecule is CCCCCCCCCCCC(C)CCCCCCCCC(=O)OC(CC(=O)[O-])C[N+](C)(C)C. The minimum atomic E-state index is -1.17. The van der Waals surface area contributed by atoms with Crippen LogP contribution >= 0.6 is 0 Å². The molecule has 0 heterocycles. The van der Waals surface area contributed by atoms with Gasteiger partial charge in [0.2, 0.25) is 0 Å². The van der Waals surface area contributed by atoms with Gasteiger partial charge in [-0.3, -0.25) is 4.79 Å². The van der Waals surface area contributed by atoms with E-state index in [-0.39, 0.29) is 12.4 Å². The molecular weight excluding hydrogens is 426 g/mol. The first-order valence-electron chi connectivity index (χ1n) is 14.3. The van der Waals surface area contributed by atoms with Gasteiger partial charge in [-0.05, 0) is 12.3 Å². The molecule has 34 heavy (non-hydrogen) atoms. The molecule has 0 fully saturated rings. The van der Waals surface area contributed by atoms with Crippen molar-refractivity contribution >= 4 is 11.9 Å². The van der Waals surface area contributed by atoms with Crippen LogP contribution in [0, 0.1) is 5.92 Å². The number of esters is 1. The van der Waals surface area contributed by atoms with Crippen molar-refractivity contribution in [1.82, 2.24) is 0 Å². The summed E-state index contributed by atoms with van der Waals surface area (Å²) in [7, 11) is 5.86. The monoisotopic (exact) mass is 483 g/mol. The van der Waals surface area contributed by atoms with Gasteiger partial charge in [0.1, 0.15) is 6.54 Å². The molecule has 0 saturated carbocycles. The predicted molar refractivity (Wildman–Crippen MR) is 140 cm³/mol. The number of hydrogen-bond donors (Lipinski definition) is 0. The maximum absolute atomic E-state index is 12.1. The highest BCUT2D eigenvalue weighted by molar-refractivity contribution is 5.70. The summed E-state index contributed by atoms with van der Waals surface area (Å²) >= 11 is 0. The van der Waals surface area contributed by atoms with Gasteiger partial charge >= 0.3 is 5.97 Å². The van der Waals surface area contributed by atoms with E-state index in [4.69, 9.17) is 4.74 Å². The average molecular weight is 484 g/mol. The van der Waals surface area contributed by atoms with Gasteiger partial charge in [0.15, 0.2) is 6.10 Å². The van der Waals surface area contributed by atoms with Gasteiger partial charge in [0.25, 0.3) is 0 Å². The molecule has 0 amide bonds. The highest BCUT2D eigenvalue weighted by atomic mass is 16.5. The van der Waals surface area contributed by atoms with E-state index in [0.717, 1.165) is 25.2 Å². The molecule has 0 rings (SSSR count). The second kappa shape index (κ2) is 21.2. The second-order valence-electron chi connectivity index (χ2n) is 11.5. The van der Waals surface area contributed by atoms with Gasteiger partial charge in [0, 0.05) is 18.8 Å². The van der Waals surface area contributed by atoms with Crippen molar-refractivity contribution in [3.8, 4) is 0 Å². The number of rotatable bonds is 24. The Balaban J connectivity index is 3.60.